The van der Waals surface area contributed by atoms with Crippen molar-refractivity contribution in [2.45, 2.75) is 34.8 Å². The van der Waals surface area contributed by atoms with E-state index in [1.54, 1.807) is 0 Å². The van der Waals surface area contributed by atoms with Crippen molar-refractivity contribution in [2.24, 2.45) is 0 Å². The van der Waals surface area contributed by atoms with Crippen LogP contribution in [-0.2, 0) is 4.74 Å². The van der Waals surface area contributed by atoms with Gasteiger partial charge in [-0.25, -0.2) is 9.78 Å². The fraction of sp³-hybridized carbons (Fsp3) is 0.263. The number of ether oxygens (including phenoxy) is 1. The molecule has 3 rings (SSSR count). The van der Waals surface area contributed by atoms with Crippen molar-refractivity contribution in [3.8, 4) is 6.07 Å². The normalized spacial score (nSPS) is 20.7. The number of carbonyl (C=O) groups excluding carboxylic acids is 2. The molecule has 29 heavy (non-hydrogen) atoms. The van der Waals surface area contributed by atoms with Crippen LogP contribution in [-0.4, -0.2) is 52.2 Å². The second-order valence-electron chi connectivity index (χ2n) is 6.18. The number of amides is 3. The summed E-state index contributed by atoms with van der Waals surface area (Å²) in [7, 11) is 0. The van der Waals surface area contributed by atoms with E-state index in [0.29, 0.717) is 5.03 Å². The van der Waals surface area contributed by atoms with Gasteiger partial charge in [0.1, 0.15) is 23.4 Å². The molecule has 0 bridgehead atoms. The van der Waals surface area contributed by atoms with Crippen LogP contribution >= 0.6 is 11.8 Å². The lowest BCUT2D eigenvalue weighted by atomic mass is 10.2. The highest BCUT2D eigenvalue weighted by atomic mass is 32.2. The summed E-state index contributed by atoms with van der Waals surface area (Å²) >= 11 is 1.29. The lowest BCUT2D eigenvalue weighted by Gasteiger charge is -2.14. The molecule has 150 valence electrons. The number of imide groups is 1. The molecule has 1 saturated heterocycles. The van der Waals surface area contributed by atoms with Crippen LogP contribution in [0.5, 0.6) is 0 Å². The molecule has 0 radical (unpaired) electrons. The minimum absolute atomic E-state index is 0.0507. The van der Waals surface area contributed by atoms with Crippen LogP contribution in [0.3, 0.4) is 0 Å². The summed E-state index contributed by atoms with van der Waals surface area (Å²) in [5.74, 6) is -0.736. The van der Waals surface area contributed by atoms with Gasteiger partial charge in [0.05, 0.1) is 23.8 Å². The maximum absolute atomic E-state index is 12.3. The third-order valence-corrected chi connectivity index (χ3v) is 5.14. The van der Waals surface area contributed by atoms with Crippen molar-refractivity contribution in [3.05, 3.63) is 53.7 Å². The summed E-state index contributed by atoms with van der Waals surface area (Å²) in [6.07, 6.45) is -1.14. The van der Waals surface area contributed by atoms with E-state index in [1.807, 2.05) is 36.4 Å². The highest BCUT2D eigenvalue weighted by molar-refractivity contribution is 7.99. The zero-order chi connectivity index (χ0) is 20.8. The number of carbonyl (C=O) groups is 2. The molecule has 3 amide bonds. The molecule has 3 unspecified atom stereocenters. The molecule has 0 saturated carbocycles. The van der Waals surface area contributed by atoms with Gasteiger partial charge in [0.15, 0.2) is 0 Å². The third kappa shape index (κ3) is 5.30. The monoisotopic (exact) mass is 414 g/mol. The minimum Gasteiger partial charge on any atom is -0.394 e. The van der Waals surface area contributed by atoms with Gasteiger partial charge in [-0.3, -0.25) is 10.1 Å². The number of nitriles is 1. The number of aromatic nitrogens is 1. The van der Waals surface area contributed by atoms with Gasteiger partial charge in [-0.15, -0.1) is 0 Å². The number of aliphatic hydroxyl groups excluding tert-OH is 2. The number of urea groups is 1. The first-order valence-electron chi connectivity index (χ1n) is 8.69. The Balaban J connectivity index is 1.62. The highest BCUT2D eigenvalue weighted by Crippen LogP contribution is 2.28. The Morgan fingerprint density at radius 3 is 2.76 bits per heavy atom. The first kappa shape index (κ1) is 20.8. The molecule has 1 aromatic heterocycles. The Morgan fingerprint density at radius 1 is 1.34 bits per heavy atom. The van der Waals surface area contributed by atoms with E-state index in [4.69, 9.17) is 9.84 Å². The molecule has 2 aromatic rings. The molecule has 2 heterocycles. The van der Waals surface area contributed by atoms with Gasteiger partial charge >= 0.3 is 6.03 Å². The predicted octanol–water partition coefficient (Wildman–Crippen LogP) is 1.01. The number of hydrogen-bond acceptors (Lipinski definition) is 8. The number of aliphatic hydroxyl groups is 2. The Hall–Kier alpha value is -2.97. The topological polar surface area (TPSA) is 145 Å². The Labute approximate surface area is 170 Å². The first-order chi connectivity index (χ1) is 14.0. The van der Waals surface area contributed by atoms with E-state index in [9.17, 15) is 20.0 Å². The van der Waals surface area contributed by atoms with Crippen LogP contribution in [0.15, 0.2) is 52.5 Å². The molecule has 4 N–H and O–H groups in total. The molecule has 3 atom stereocenters. The number of rotatable bonds is 5. The van der Waals surface area contributed by atoms with E-state index < -0.39 is 30.4 Å². The van der Waals surface area contributed by atoms with Crippen LogP contribution in [0.1, 0.15) is 22.3 Å². The quantitative estimate of drug-likeness (QED) is 0.567. The van der Waals surface area contributed by atoms with E-state index in [0.717, 1.165) is 4.90 Å². The van der Waals surface area contributed by atoms with Gasteiger partial charge in [-0.1, -0.05) is 30.0 Å². The zero-order valence-corrected chi connectivity index (χ0v) is 15.9. The van der Waals surface area contributed by atoms with E-state index in [-0.39, 0.29) is 24.2 Å². The van der Waals surface area contributed by atoms with Gasteiger partial charge in [0, 0.05) is 17.5 Å². The van der Waals surface area contributed by atoms with Crippen LogP contribution < -0.4 is 10.6 Å². The van der Waals surface area contributed by atoms with Crippen molar-refractivity contribution in [1.29, 1.82) is 5.26 Å². The van der Waals surface area contributed by atoms with Crippen LogP contribution in [0.4, 0.5) is 4.79 Å². The summed E-state index contributed by atoms with van der Waals surface area (Å²) in [4.78, 5) is 29.3. The van der Waals surface area contributed by atoms with Crippen LogP contribution in [0.2, 0.25) is 0 Å². The molecule has 9 nitrogen and oxygen atoms in total. The highest BCUT2D eigenvalue weighted by Gasteiger charge is 2.34. The van der Waals surface area contributed by atoms with E-state index >= 15 is 0 Å². The summed E-state index contributed by atoms with van der Waals surface area (Å²) < 4.78 is 5.25. The third-order valence-electron chi connectivity index (χ3n) is 4.11. The maximum atomic E-state index is 12.3. The molecule has 1 aliphatic heterocycles. The number of hydrogen-bond donors (Lipinski definition) is 4. The standard InChI is InChI=1S/C19H18N4O5S/c20-8-11-6-12(9-21-18(11)29-13-4-2-1-3-5-13)17(26)23-19(27)22-16-7-14(25)15(10-24)28-16/h1-6,9,14-16,24-25H,7,10H2,(H2,22,23,26,27). The van der Waals surface area contributed by atoms with Gasteiger partial charge in [-0.05, 0) is 18.2 Å². The maximum Gasteiger partial charge on any atom is 0.323 e. The largest absolute Gasteiger partial charge is 0.394 e. The van der Waals surface area contributed by atoms with E-state index in [2.05, 4.69) is 15.6 Å². The molecule has 10 heteroatoms. The van der Waals surface area contributed by atoms with Gasteiger partial charge < -0.3 is 20.3 Å². The summed E-state index contributed by atoms with van der Waals surface area (Å²) in [5, 5.41) is 33.0. The Kier molecular flexibility index (Phi) is 6.79. The lowest BCUT2D eigenvalue weighted by Crippen LogP contribution is -2.44. The fourth-order valence-electron chi connectivity index (χ4n) is 2.68. The molecular formula is C19H18N4O5S. The van der Waals surface area contributed by atoms with Crippen molar-refractivity contribution < 1.29 is 24.5 Å². The number of nitrogens with one attached hydrogen (secondary N) is 2. The van der Waals surface area contributed by atoms with E-state index in [1.165, 1.54) is 24.0 Å². The van der Waals surface area contributed by atoms with Gasteiger partial charge in [-0.2, -0.15) is 5.26 Å². The minimum atomic E-state index is -0.905. The summed E-state index contributed by atoms with van der Waals surface area (Å²) in [5.41, 5.74) is 0.259. The van der Waals surface area contributed by atoms with Crippen molar-refractivity contribution >= 4 is 23.7 Å². The number of benzene rings is 1. The molecule has 1 aliphatic rings. The summed E-state index contributed by atoms with van der Waals surface area (Å²) in [6, 6.07) is 11.9. The SMILES string of the molecule is N#Cc1cc(C(=O)NC(=O)NC2CC(O)C(CO)O2)cnc1Sc1ccccc1. The molecule has 1 fully saturated rings. The first-order valence-corrected chi connectivity index (χ1v) is 9.51. The lowest BCUT2D eigenvalue weighted by molar-refractivity contribution is -0.0272. The Morgan fingerprint density at radius 2 is 2.10 bits per heavy atom. The zero-order valence-electron chi connectivity index (χ0n) is 15.1. The second kappa shape index (κ2) is 9.49. The van der Waals surface area contributed by atoms with Gasteiger partial charge in [0.2, 0.25) is 0 Å². The predicted molar refractivity (Wildman–Crippen MR) is 102 cm³/mol. The van der Waals surface area contributed by atoms with Gasteiger partial charge in [0.25, 0.3) is 5.91 Å². The smallest absolute Gasteiger partial charge is 0.323 e. The average Bonchev–Trinajstić information content (AvgIpc) is 3.07. The molecule has 1 aromatic carbocycles. The van der Waals surface area contributed by atoms with Crippen molar-refractivity contribution in [3.63, 3.8) is 0 Å². The van der Waals surface area contributed by atoms with Crippen molar-refractivity contribution in [1.82, 2.24) is 15.6 Å². The van der Waals surface area contributed by atoms with Crippen LogP contribution in [0, 0.1) is 11.3 Å². The molecule has 0 aliphatic carbocycles. The Bertz CT molecular complexity index is 934. The van der Waals surface area contributed by atoms with Crippen LogP contribution in [0.25, 0.3) is 0 Å². The molecule has 0 spiro atoms. The fourth-order valence-corrected chi connectivity index (χ4v) is 3.52. The average molecular weight is 414 g/mol. The summed E-state index contributed by atoms with van der Waals surface area (Å²) in [6.45, 7) is -0.379. The molecular weight excluding hydrogens is 396 g/mol. The van der Waals surface area contributed by atoms with Crippen molar-refractivity contribution in [2.75, 3.05) is 6.61 Å². The number of nitrogens with zero attached hydrogens (tertiary/aromatic N) is 2. The number of pyridine rings is 1. The second-order valence-corrected chi connectivity index (χ2v) is 7.24.